The number of rotatable bonds is 17. The van der Waals surface area contributed by atoms with Crippen molar-refractivity contribution in [3.8, 4) is 0 Å². The number of pyridine rings is 1. The summed E-state index contributed by atoms with van der Waals surface area (Å²) in [6, 6.07) is 0.963. The van der Waals surface area contributed by atoms with Gasteiger partial charge in [-0.25, -0.2) is 4.79 Å². The van der Waals surface area contributed by atoms with Crippen LogP contribution < -0.4 is 9.57 Å². The van der Waals surface area contributed by atoms with Gasteiger partial charge in [0.2, 0.25) is 6.20 Å². The van der Waals surface area contributed by atoms with Crippen LogP contribution in [-0.2, 0) is 4.79 Å². The summed E-state index contributed by atoms with van der Waals surface area (Å²) in [7, 11) is 0. The maximum absolute atomic E-state index is 13.5. The van der Waals surface area contributed by atoms with E-state index < -0.39 is 22.4 Å². The van der Waals surface area contributed by atoms with Crippen LogP contribution >= 0.6 is 0 Å². The number of carbonyl (C=O) groups is 1. The molecule has 168 valence electrons. The summed E-state index contributed by atoms with van der Waals surface area (Å²) in [5.74, 6) is -1.53. The molecule has 1 rings (SSSR count). The van der Waals surface area contributed by atoms with E-state index in [4.69, 9.17) is 4.84 Å². The van der Waals surface area contributed by atoms with Crippen molar-refractivity contribution in [1.29, 1.82) is 0 Å². The zero-order valence-electron chi connectivity index (χ0n) is 18.2. The summed E-state index contributed by atoms with van der Waals surface area (Å²) < 4.78 is 14.4. The average molecular weight is 424 g/mol. The van der Waals surface area contributed by atoms with E-state index in [1.165, 1.54) is 44.9 Å². The smallest absolute Gasteiger partial charge is 0.258 e. The molecule has 0 saturated heterocycles. The number of hydrogen-bond donors (Lipinski definition) is 0. The molecular formula is C23H36FN2O4+. The maximum Gasteiger partial charge on any atom is 0.380 e. The molecule has 0 N–H and O–H groups in total. The molecule has 6 nitrogen and oxygen atoms in total. The molecule has 0 aliphatic carbocycles. The van der Waals surface area contributed by atoms with Crippen molar-refractivity contribution < 1.29 is 23.7 Å². The third-order valence-corrected chi connectivity index (χ3v) is 4.91. The molecule has 7 heteroatoms. The number of nitrogens with zero attached hydrogens (tertiary/aromatic N) is 2. The minimum atomic E-state index is -1.05. The molecule has 1 aromatic heterocycles. The zero-order chi connectivity index (χ0) is 22.0. The first kappa shape index (κ1) is 25.7. The zero-order valence-corrected chi connectivity index (χ0v) is 18.2. The molecule has 0 aromatic carbocycles. The second-order valence-electron chi connectivity index (χ2n) is 7.59. The van der Waals surface area contributed by atoms with Crippen LogP contribution in [0.4, 0.5) is 10.1 Å². The lowest BCUT2D eigenvalue weighted by Gasteiger charge is -2.00. The van der Waals surface area contributed by atoms with Gasteiger partial charge in [0.1, 0.15) is 0 Å². The normalized spacial score (nSPS) is 11.1. The number of allylic oxidation sites excluding steroid dienone is 2. The van der Waals surface area contributed by atoms with Crippen molar-refractivity contribution in [3.63, 3.8) is 0 Å². The van der Waals surface area contributed by atoms with Gasteiger partial charge in [0.25, 0.3) is 12.0 Å². The number of halogens is 1. The topological polar surface area (TPSA) is 73.3 Å². The summed E-state index contributed by atoms with van der Waals surface area (Å²) >= 11 is 0. The van der Waals surface area contributed by atoms with Crippen molar-refractivity contribution in [2.45, 2.75) is 96.8 Å². The highest BCUT2D eigenvalue weighted by Crippen LogP contribution is 2.13. The van der Waals surface area contributed by atoms with Gasteiger partial charge in [-0.15, -0.1) is 0 Å². The van der Waals surface area contributed by atoms with E-state index >= 15 is 0 Å². The predicted molar refractivity (Wildman–Crippen MR) is 114 cm³/mol. The van der Waals surface area contributed by atoms with Crippen molar-refractivity contribution >= 4 is 11.7 Å². The number of unbranched alkanes of at least 4 members (excludes halogenated alkanes) is 11. The van der Waals surface area contributed by atoms with Gasteiger partial charge in [0.15, 0.2) is 0 Å². The Morgan fingerprint density at radius 3 is 2.17 bits per heavy atom. The van der Waals surface area contributed by atoms with Crippen LogP contribution in [0.2, 0.25) is 0 Å². The summed E-state index contributed by atoms with van der Waals surface area (Å²) in [6.07, 6.45) is 22.1. The molecule has 0 spiro atoms. The Bertz CT molecular complexity index is 665. The number of nitro groups is 1. The summed E-state index contributed by atoms with van der Waals surface area (Å²) in [6.45, 7) is 2.24. The van der Waals surface area contributed by atoms with E-state index in [0.717, 1.165) is 55.3 Å². The van der Waals surface area contributed by atoms with Crippen LogP contribution in [0.5, 0.6) is 0 Å². The van der Waals surface area contributed by atoms with Crippen LogP contribution in [-0.4, -0.2) is 10.9 Å². The average Bonchev–Trinajstić information content (AvgIpc) is 2.70. The first-order valence-electron chi connectivity index (χ1n) is 11.3. The third kappa shape index (κ3) is 12.3. The van der Waals surface area contributed by atoms with Crippen molar-refractivity contribution in [2.24, 2.45) is 0 Å². The van der Waals surface area contributed by atoms with E-state index in [1.54, 1.807) is 0 Å². The monoisotopic (exact) mass is 423 g/mol. The SMILES string of the molecule is CCCCCCCC/C=C\CCCCCCCC(=O)O[n+]1ccc([N+](=O)[O-])c(F)c1. The first-order valence-corrected chi connectivity index (χ1v) is 11.3. The maximum atomic E-state index is 13.5. The van der Waals surface area contributed by atoms with Crippen LogP contribution in [0.3, 0.4) is 0 Å². The molecular weight excluding hydrogens is 387 g/mol. The Hall–Kier alpha value is -2.31. The van der Waals surface area contributed by atoms with Crippen LogP contribution in [0.1, 0.15) is 96.8 Å². The lowest BCUT2D eigenvalue weighted by molar-refractivity contribution is -0.870. The summed E-state index contributed by atoms with van der Waals surface area (Å²) in [5.41, 5.74) is -0.653. The van der Waals surface area contributed by atoms with Crippen LogP contribution in [0, 0.1) is 15.9 Å². The number of aromatic nitrogens is 1. The van der Waals surface area contributed by atoms with Gasteiger partial charge >= 0.3 is 11.7 Å². The van der Waals surface area contributed by atoms with Crippen LogP contribution in [0.25, 0.3) is 0 Å². The quantitative estimate of drug-likeness (QED) is 0.101. The van der Waals surface area contributed by atoms with Gasteiger partial charge in [-0.3, -0.25) is 10.1 Å². The highest BCUT2D eigenvalue weighted by Gasteiger charge is 2.21. The van der Waals surface area contributed by atoms with Gasteiger partial charge < -0.3 is 0 Å². The fourth-order valence-corrected chi connectivity index (χ4v) is 3.15. The summed E-state index contributed by atoms with van der Waals surface area (Å²) in [4.78, 5) is 26.5. The molecule has 30 heavy (non-hydrogen) atoms. The van der Waals surface area contributed by atoms with E-state index in [9.17, 15) is 19.3 Å². The van der Waals surface area contributed by atoms with Crippen molar-refractivity contribution in [3.05, 3.63) is 46.5 Å². The number of hydrogen-bond acceptors (Lipinski definition) is 4. The number of carbonyl (C=O) groups excluding carboxylic acids is 1. The second-order valence-corrected chi connectivity index (χ2v) is 7.59. The molecule has 0 radical (unpaired) electrons. The van der Waals surface area contributed by atoms with Gasteiger partial charge in [-0.1, -0.05) is 70.4 Å². The lowest BCUT2D eigenvalue weighted by atomic mass is 10.1. The molecule has 0 bridgehead atoms. The summed E-state index contributed by atoms with van der Waals surface area (Å²) in [5, 5.41) is 10.6. The molecule has 1 aromatic rings. The minimum absolute atomic E-state index is 0.240. The van der Waals surface area contributed by atoms with Crippen molar-refractivity contribution in [2.75, 3.05) is 0 Å². The lowest BCUT2D eigenvalue weighted by Crippen LogP contribution is -2.45. The molecule has 0 unspecified atom stereocenters. The molecule has 0 atom stereocenters. The molecule has 0 aliphatic heterocycles. The minimum Gasteiger partial charge on any atom is -0.258 e. The fourth-order valence-electron chi connectivity index (χ4n) is 3.15. The standard InChI is InChI=1S/C23H36FN2O4/c1-2-3-4-5-6-7-8-9-10-11-12-13-14-15-16-17-23(27)30-25-19-18-22(26(28)29)21(24)20-25/h9-10,18-20H,2-8,11-17H2,1H3/q+1/b10-9-. The van der Waals surface area contributed by atoms with Crippen molar-refractivity contribution in [1.82, 2.24) is 0 Å². The molecule has 0 amide bonds. The molecule has 0 fully saturated rings. The van der Waals surface area contributed by atoms with E-state index in [0.29, 0.717) is 6.42 Å². The third-order valence-electron chi connectivity index (χ3n) is 4.91. The predicted octanol–water partition coefficient (Wildman–Crippen LogP) is 6.01. The van der Waals surface area contributed by atoms with E-state index in [-0.39, 0.29) is 6.42 Å². The van der Waals surface area contributed by atoms with Gasteiger partial charge in [-0.2, -0.15) is 9.23 Å². The highest BCUT2D eigenvalue weighted by molar-refractivity contribution is 5.68. The van der Waals surface area contributed by atoms with Gasteiger partial charge in [-0.05, 0) is 32.1 Å². The Morgan fingerprint density at radius 2 is 1.60 bits per heavy atom. The van der Waals surface area contributed by atoms with Gasteiger partial charge in [0.05, 0.1) is 17.4 Å². The Morgan fingerprint density at radius 1 is 1.03 bits per heavy atom. The van der Waals surface area contributed by atoms with E-state index in [2.05, 4.69) is 19.1 Å². The van der Waals surface area contributed by atoms with Crippen LogP contribution in [0.15, 0.2) is 30.6 Å². The largest absolute Gasteiger partial charge is 0.380 e. The Kier molecular flexibility index (Phi) is 14.1. The second kappa shape index (κ2) is 16.5. The Balaban J connectivity index is 1.99. The molecule has 1 heterocycles. The first-order chi connectivity index (χ1) is 14.5. The van der Waals surface area contributed by atoms with E-state index in [1.807, 2.05) is 0 Å². The Labute approximate surface area is 179 Å². The highest BCUT2D eigenvalue weighted by atomic mass is 19.1. The molecule has 0 aliphatic rings. The molecule has 0 saturated carbocycles. The fraction of sp³-hybridized carbons (Fsp3) is 0.652. The van der Waals surface area contributed by atoms with Gasteiger partial charge in [0, 0.05) is 4.73 Å².